The molecule has 0 radical (unpaired) electrons. The minimum atomic E-state index is -0.706. The third-order valence-corrected chi connectivity index (χ3v) is 2.60. The summed E-state index contributed by atoms with van der Waals surface area (Å²) in [5.41, 5.74) is -0.706. The molecule has 0 spiro atoms. The Labute approximate surface area is 103 Å². The molecule has 5 heteroatoms. The van der Waals surface area contributed by atoms with Crippen molar-refractivity contribution in [3.63, 3.8) is 0 Å². The van der Waals surface area contributed by atoms with Crippen molar-refractivity contribution in [2.24, 2.45) is 0 Å². The third kappa shape index (κ3) is 4.99. The van der Waals surface area contributed by atoms with Crippen LogP contribution in [0.1, 0.15) is 33.6 Å². The van der Waals surface area contributed by atoms with Gasteiger partial charge in [-0.25, -0.2) is 4.98 Å². The smallest absolute Gasteiger partial charge is 0.224 e. The molecule has 0 fully saturated rings. The molecule has 0 aliphatic heterocycles. The van der Waals surface area contributed by atoms with Crippen molar-refractivity contribution in [2.45, 2.75) is 39.2 Å². The minimum Gasteiger partial charge on any atom is -0.388 e. The first-order valence-electron chi connectivity index (χ1n) is 6.10. The number of aromatic nitrogens is 2. The second-order valence-corrected chi connectivity index (χ2v) is 4.40. The first kappa shape index (κ1) is 13.7. The van der Waals surface area contributed by atoms with Gasteiger partial charge >= 0.3 is 0 Å². The van der Waals surface area contributed by atoms with Crippen LogP contribution < -0.4 is 10.6 Å². The van der Waals surface area contributed by atoms with E-state index >= 15 is 0 Å². The zero-order valence-electron chi connectivity index (χ0n) is 10.8. The zero-order valence-corrected chi connectivity index (χ0v) is 10.8. The summed E-state index contributed by atoms with van der Waals surface area (Å²) in [6.45, 7) is 7.19. The predicted octanol–water partition coefficient (Wildman–Crippen LogP) is 1.87. The molecule has 5 nitrogen and oxygen atoms in total. The molecule has 1 aromatic rings. The fourth-order valence-electron chi connectivity index (χ4n) is 1.19. The molecule has 0 aromatic carbocycles. The van der Waals surface area contributed by atoms with Crippen LogP contribution in [-0.2, 0) is 0 Å². The molecule has 1 rings (SSSR count). The lowest BCUT2D eigenvalue weighted by molar-refractivity contribution is 0.0696. The van der Waals surface area contributed by atoms with E-state index in [0.717, 1.165) is 18.8 Å². The first-order valence-corrected chi connectivity index (χ1v) is 6.10. The van der Waals surface area contributed by atoms with Gasteiger partial charge in [-0.05, 0) is 25.8 Å². The molecule has 17 heavy (non-hydrogen) atoms. The Morgan fingerprint density at radius 3 is 2.76 bits per heavy atom. The Bertz CT molecular complexity index is 341. The molecular formula is C12H22N4O. The number of aliphatic hydroxyl groups is 1. The van der Waals surface area contributed by atoms with Crippen molar-refractivity contribution in [1.29, 1.82) is 0 Å². The highest BCUT2D eigenvalue weighted by molar-refractivity contribution is 5.39. The molecule has 0 saturated heterocycles. The minimum absolute atomic E-state index is 0.480. The lowest BCUT2D eigenvalue weighted by Crippen LogP contribution is -2.32. The topological polar surface area (TPSA) is 70.1 Å². The van der Waals surface area contributed by atoms with Crippen molar-refractivity contribution in [3.8, 4) is 0 Å². The maximum absolute atomic E-state index is 9.87. The van der Waals surface area contributed by atoms with E-state index in [1.54, 1.807) is 19.2 Å². The highest BCUT2D eigenvalue weighted by atomic mass is 16.3. The van der Waals surface area contributed by atoms with Gasteiger partial charge in [0.1, 0.15) is 5.82 Å². The summed E-state index contributed by atoms with van der Waals surface area (Å²) >= 11 is 0. The van der Waals surface area contributed by atoms with Crippen molar-refractivity contribution < 1.29 is 5.11 Å². The summed E-state index contributed by atoms with van der Waals surface area (Å²) in [7, 11) is 0. The van der Waals surface area contributed by atoms with E-state index in [4.69, 9.17) is 0 Å². The Kier molecular flexibility index (Phi) is 5.15. The lowest BCUT2D eigenvalue weighted by atomic mass is 10.0. The van der Waals surface area contributed by atoms with Crippen LogP contribution in [0.15, 0.2) is 12.3 Å². The highest BCUT2D eigenvalue weighted by Crippen LogP contribution is 2.11. The maximum Gasteiger partial charge on any atom is 0.224 e. The number of nitrogens with zero attached hydrogens (tertiary/aromatic N) is 2. The van der Waals surface area contributed by atoms with E-state index < -0.39 is 5.60 Å². The van der Waals surface area contributed by atoms with Crippen LogP contribution in [0.5, 0.6) is 0 Å². The van der Waals surface area contributed by atoms with Crippen molar-refractivity contribution in [1.82, 2.24) is 9.97 Å². The summed E-state index contributed by atoms with van der Waals surface area (Å²) < 4.78 is 0. The van der Waals surface area contributed by atoms with E-state index in [0.29, 0.717) is 18.9 Å². The Hall–Kier alpha value is -1.36. The summed E-state index contributed by atoms with van der Waals surface area (Å²) in [6, 6.07) is 1.79. The average Bonchev–Trinajstić information content (AvgIpc) is 2.35. The molecule has 1 heterocycles. The van der Waals surface area contributed by atoms with Gasteiger partial charge in [0.05, 0.1) is 5.60 Å². The van der Waals surface area contributed by atoms with Gasteiger partial charge in [-0.1, -0.05) is 13.8 Å². The van der Waals surface area contributed by atoms with Crippen LogP contribution in [0.3, 0.4) is 0 Å². The average molecular weight is 238 g/mol. The summed E-state index contributed by atoms with van der Waals surface area (Å²) in [6.07, 6.45) is 3.44. The van der Waals surface area contributed by atoms with E-state index in [1.165, 1.54) is 0 Å². The number of hydrogen-bond donors (Lipinski definition) is 3. The molecule has 0 bridgehead atoms. The SMILES string of the molecule is CCCNc1nccc(NCC(C)(O)CC)n1. The first-order chi connectivity index (χ1) is 8.07. The molecule has 0 aliphatic rings. The van der Waals surface area contributed by atoms with Crippen LogP contribution >= 0.6 is 0 Å². The van der Waals surface area contributed by atoms with Crippen LogP contribution in [0, 0.1) is 0 Å². The molecule has 96 valence electrons. The molecule has 1 unspecified atom stereocenters. The van der Waals surface area contributed by atoms with Gasteiger partial charge < -0.3 is 15.7 Å². The standard InChI is InChI=1S/C12H22N4O/c1-4-7-13-11-14-8-6-10(16-11)15-9-12(3,17)5-2/h6,8,17H,4-5,7,9H2,1-3H3,(H2,13,14,15,16). The van der Waals surface area contributed by atoms with Crippen molar-refractivity contribution >= 4 is 11.8 Å². The van der Waals surface area contributed by atoms with Crippen LogP contribution in [0.4, 0.5) is 11.8 Å². The Balaban J connectivity index is 2.53. The van der Waals surface area contributed by atoms with Crippen LogP contribution in [-0.4, -0.2) is 33.8 Å². The van der Waals surface area contributed by atoms with Gasteiger partial charge in [-0.15, -0.1) is 0 Å². The molecular weight excluding hydrogens is 216 g/mol. The molecule has 0 aliphatic carbocycles. The van der Waals surface area contributed by atoms with E-state index in [-0.39, 0.29) is 0 Å². The second-order valence-electron chi connectivity index (χ2n) is 4.40. The lowest BCUT2D eigenvalue weighted by Gasteiger charge is -2.21. The summed E-state index contributed by atoms with van der Waals surface area (Å²) in [5, 5.41) is 16.1. The molecule has 1 atom stereocenters. The summed E-state index contributed by atoms with van der Waals surface area (Å²) in [4.78, 5) is 8.42. The quantitative estimate of drug-likeness (QED) is 0.676. The molecule has 1 aromatic heterocycles. The van der Waals surface area contributed by atoms with E-state index in [1.807, 2.05) is 6.92 Å². The molecule has 0 amide bonds. The fraction of sp³-hybridized carbons (Fsp3) is 0.667. The largest absolute Gasteiger partial charge is 0.388 e. The number of hydrogen-bond acceptors (Lipinski definition) is 5. The normalized spacial score (nSPS) is 14.1. The van der Waals surface area contributed by atoms with Gasteiger partial charge in [-0.2, -0.15) is 4.98 Å². The number of anilines is 2. The predicted molar refractivity (Wildman–Crippen MR) is 70.2 cm³/mol. The Morgan fingerprint density at radius 1 is 1.35 bits per heavy atom. The van der Waals surface area contributed by atoms with Gasteiger partial charge in [0.2, 0.25) is 5.95 Å². The van der Waals surface area contributed by atoms with Crippen LogP contribution in [0.25, 0.3) is 0 Å². The second kappa shape index (κ2) is 6.39. The molecule has 3 N–H and O–H groups in total. The summed E-state index contributed by atoms with van der Waals surface area (Å²) in [5.74, 6) is 1.35. The van der Waals surface area contributed by atoms with Gasteiger partial charge in [-0.3, -0.25) is 0 Å². The monoisotopic (exact) mass is 238 g/mol. The maximum atomic E-state index is 9.87. The van der Waals surface area contributed by atoms with E-state index in [9.17, 15) is 5.11 Å². The zero-order chi connectivity index (χ0) is 12.7. The molecule has 0 saturated carbocycles. The van der Waals surface area contributed by atoms with Gasteiger partial charge in [0, 0.05) is 19.3 Å². The Morgan fingerprint density at radius 2 is 2.12 bits per heavy atom. The van der Waals surface area contributed by atoms with Crippen molar-refractivity contribution in [3.05, 3.63) is 12.3 Å². The highest BCUT2D eigenvalue weighted by Gasteiger charge is 2.16. The third-order valence-electron chi connectivity index (χ3n) is 2.60. The van der Waals surface area contributed by atoms with Gasteiger partial charge in [0.15, 0.2) is 0 Å². The van der Waals surface area contributed by atoms with E-state index in [2.05, 4.69) is 27.5 Å². The number of rotatable bonds is 7. The fourth-order valence-corrected chi connectivity index (χ4v) is 1.19. The van der Waals surface area contributed by atoms with Crippen LogP contribution in [0.2, 0.25) is 0 Å². The van der Waals surface area contributed by atoms with Crippen molar-refractivity contribution in [2.75, 3.05) is 23.7 Å². The van der Waals surface area contributed by atoms with Gasteiger partial charge in [0.25, 0.3) is 0 Å². The number of nitrogens with one attached hydrogen (secondary N) is 2.